The Bertz CT molecular complexity index is 1370. The number of nitrogens with one attached hydrogen (secondary N) is 1. The number of methoxy groups -OCH3 is 2. The minimum absolute atomic E-state index is 0.109. The molecule has 3 aromatic rings. The van der Waals surface area contributed by atoms with Gasteiger partial charge in [-0.25, -0.2) is 5.43 Å². The van der Waals surface area contributed by atoms with Gasteiger partial charge in [-0.1, -0.05) is 30.3 Å². The molecule has 0 saturated heterocycles. The van der Waals surface area contributed by atoms with Crippen LogP contribution < -0.4 is 19.8 Å². The van der Waals surface area contributed by atoms with Crippen molar-refractivity contribution < 1.29 is 22.7 Å². The molecular formula is C24H22N4O5S. The second kappa shape index (κ2) is 9.75. The van der Waals surface area contributed by atoms with Gasteiger partial charge in [0.1, 0.15) is 11.4 Å². The number of rotatable bonds is 7. The molecule has 9 nitrogen and oxygen atoms in total. The van der Waals surface area contributed by atoms with Crippen molar-refractivity contribution in [2.45, 2.75) is 4.90 Å². The largest absolute Gasteiger partial charge is 0.493 e. The van der Waals surface area contributed by atoms with E-state index in [4.69, 9.17) is 9.47 Å². The number of ether oxygens (including phenoxy) is 2. The van der Waals surface area contributed by atoms with Crippen LogP contribution in [0.4, 0.5) is 5.69 Å². The Hall–Kier alpha value is -4.18. The van der Waals surface area contributed by atoms with Gasteiger partial charge in [-0.05, 0) is 48.0 Å². The summed E-state index contributed by atoms with van der Waals surface area (Å²) in [6.07, 6.45) is 1.47. The molecule has 1 amide bonds. The number of carbonyl (C=O) groups excluding carboxylic acids is 1. The fraction of sp³-hybridized carbons (Fsp3) is 0.125. The number of anilines is 1. The molecule has 174 valence electrons. The minimum Gasteiger partial charge on any atom is -0.493 e. The number of para-hydroxylation sites is 1. The lowest BCUT2D eigenvalue weighted by atomic mass is 10.1. The number of benzene rings is 3. The molecule has 1 heterocycles. The molecule has 4 rings (SSSR count). The summed E-state index contributed by atoms with van der Waals surface area (Å²) in [5.74, 6) is 0.841. The summed E-state index contributed by atoms with van der Waals surface area (Å²) >= 11 is 0. The molecule has 34 heavy (non-hydrogen) atoms. The van der Waals surface area contributed by atoms with E-state index in [-0.39, 0.29) is 17.3 Å². The molecule has 0 saturated carbocycles. The van der Waals surface area contributed by atoms with Crippen molar-refractivity contribution in [1.29, 1.82) is 0 Å². The van der Waals surface area contributed by atoms with E-state index >= 15 is 0 Å². The van der Waals surface area contributed by atoms with E-state index < -0.39 is 15.9 Å². The van der Waals surface area contributed by atoms with Gasteiger partial charge in [-0.3, -0.25) is 4.79 Å². The van der Waals surface area contributed by atoms with Gasteiger partial charge in [0, 0.05) is 11.3 Å². The van der Waals surface area contributed by atoms with Gasteiger partial charge in [-0.2, -0.15) is 13.5 Å². The Labute approximate surface area is 197 Å². The number of amidine groups is 1. The zero-order valence-corrected chi connectivity index (χ0v) is 19.3. The van der Waals surface area contributed by atoms with Crippen LogP contribution in [0.5, 0.6) is 11.5 Å². The number of carbonyl (C=O) groups is 1. The molecule has 0 atom stereocenters. The number of nitrogens with zero attached hydrogens (tertiary/aromatic N) is 3. The first-order chi connectivity index (χ1) is 16.4. The topological polar surface area (TPSA) is 110 Å². The molecule has 0 spiro atoms. The molecule has 3 aromatic carbocycles. The molecule has 0 aromatic heterocycles. The average molecular weight is 479 g/mol. The molecule has 0 bridgehead atoms. The highest BCUT2D eigenvalue weighted by atomic mass is 32.2. The van der Waals surface area contributed by atoms with Gasteiger partial charge >= 0.3 is 0 Å². The van der Waals surface area contributed by atoms with Crippen LogP contribution in [-0.4, -0.2) is 47.1 Å². The zero-order chi connectivity index (χ0) is 24.1. The highest BCUT2D eigenvalue weighted by Crippen LogP contribution is 2.30. The average Bonchev–Trinajstić information content (AvgIpc) is 3.13. The van der Waals surface area contributed by atoms with E-state index in [0.29, 0.717) is 28.3 Å². The van der Waals surface area contributed by atoms with Crippen LogP contribution >= 0.6 is 0 Å². The smallest absolute Gasteiger partial charge is 0.285 e. The van der Waals surface area contributed by atoms with Gasteiger partial charge in [0.05, 0.1) is 20.4 Å². The third kappa shape index (κ3) is 4.76. The summed E-state index contributed by atoms with van der Waals surface area (Å²) < 4.78 is 39.5. The molecule has 0 aliphatic carbocycles. The predicted octanol–water partition coefficient (Wildman–Crippen LogP) is 2.81. The van der Waals surface area contributed by atoms with Gasteiger partial charge in [-0.15, -0.1) is 4.40 Å². The first-order valence-corrected chi connectivity index (χ1v) is 11.7. The summed E-state index contributed by atoms with van der Waals surface area (Å²) in [7, 11) is -0.771. The molecule has 1 aliphatic rings. The number of amides is 1. The minimum atomic E-state index is -3.85. The summed E-state index contributed by atoms with van der Waals surface area (Å²) in [6, 6.07) is 20.7. The third-order valence-corrected chi connectivity index (χ3v) is 6.37. The Morgan fingerprint density at radius 2 is 1.71 bits per heavy atom. The highest BCUT2D eigenvalue weighted by molar-refractivity contribution is 7.90. The van der Waals surface area contributed by atoms with E-state index in [1.807, 2.05) is 6.07 Å². The summed E-state index contributed by atoms with van der Waals surface area (Å²) in [6.45, 7) is -0.198. The van der Waals surface area contributed by atoms with Crippen molar-refractivity contribution in [3.63, 3.8) is 0 Å². The van der Waals surface area contributed by atoms with Gasteiger partial charge < -0.3 is 14.4 Å². The Morgan fingerprint density at radius 1 is 1.00 bits per heavy atom. The Morgan fingerprint density at radius 3 is 2.44 bits per heavy atom. The fourth-order valence-electron chi connectivity index (χ4n) is 3.47. The van der Waals surface area contributed by atoms with Crippen LogP contribution in [0.1, 0.15) is 11.1 Å². The van der Waals surface area contributed by atoms with Crippen LogP contribution in [0.25, 0.3) is 0 Å². The van der Waals surface area contributed by atoms with Gasteiger partial charge in [0.2, 0.25) is 0 Å². The lowest BCUT2D eigenvalue weighted by Crippen LogP contribution is -2.39. The fourth-order valence-corrected chi connectivity index (χ4v) is 4.68. The number of hydrogen-bond donors (Lipinski definition) is 1. The molecule has 10 heteroatoms. The van der Waals surface area contributed by atoms with Crippen molar-refractivity contribution >= 4 is 33.7 Å². The highest BCUT2D eigenvalue weighted by Gasteiger charge is 2.33. The predicted molar refractivity (Wildman–Crippen MR) is 129 cm³/mol. The lowest BCUT2D eigenvalue weighted by Gasteiger charge is -2.23. The molecule has 0 unspecified atom stereocenters. The van der Waals surface area contributed by atoms with Crippen molar-refractivity contribution in [3.8, 4) is 11.5 Å². The zero-order valence-electron chi connectivity index (χ0n) is 18.5. The van der Waals surface area contributed by atoms with E-state index in [1.54, 1.807) is 72.7 Å². The van der Waals surface area contributed by atoms with E-state index in [1.165, 1.54) is 19.4 Å². The second-order valence-electron chi connectivity index (χ2n) is 7.22. The van der Waals surface area contributed by atoms with Crippen LogP contribution in [0.15, 0.2) is 87.2 Å². The second-order valence-corrected chi connectivity index (χ2v) is 8.79. The molecule has 1 aliphatic heterocycles. The molecule has 0 fully saturated rings. The van der Waals surface area contributed by atoms with Crippen LogP contribution in [0, 0.1) is 0 Å². The SMILES string of the molecule is COc1ccc(/C=N\NC(=O)CN(C2=NS(=O)(=O)c3ccccc32)c2ccccc2)cc1OC. The molecule has 1 N–H and O–H groups in total. The van der Waals surface area contributed by atoms with Crippen LogP contribution in [0.3, 0.4) is 0 Å². The monoisotopic (exact) mass is 478 g/mol. The van der Waals surface area contributed by atoms with Crippen LogP contribution in [-0.2, 0) is 14.8 Å². The van der Waals surface area contributed by atoms with E-state index in [2.05, 4.69) is 14.9 Å². The number of hydrogen-bond acceptors (Lipinski definition) is 7. The van der Waals surface area contributed by atoms with Crippen molar-refractivity contribution in [2.24, 2.45) is 9.50 Å². The maximum absolute atomic E-state index is 12.8. The van der Waals surface area contributed by atoms with Gasteiger partial charge in [0.25, 0.3) is 15.9 Å². The molecular weight excluding hydrogens is 456 g/mol. The summed E-state index contributed by atoms with van der Waals surface area (Å²) in [5, 5.41) is 4.01. The first-order valence-electron chi connectivity index (χ1n) is 10.2. The Balaban J connectivity index is 1.56. The molecule has 0 radical (unpaired) electrons. The first kappa shape index (κ1) is 23.0. The van der Waals surface area contributed by atoms with E-state index in [0.717, 1.165) is 0 Å². The number of fused-ring (bicyclic) bond motifs is 1. The Kier molecular flexibility index (Phi) is 6.60. The maximum atomic E-state index is 12.8. The summed E-state index contributed by atoms with van der Waals surface area (Å²) in [5.41, 5.74) is 4.23. The number of sulfonamides is 1. The van der Waals surface area contributed by atoms with E-state index in [9.17, 15) is 13.2 Å². The van der Waals surface area contributed by atoms with Crippen molar-refractivity contribution in [1.82, 2.24) is 5.43 Å². The third-order valence-electron chi connectivity index (χ3n) is 5.05. The number of hydrazone groups is 1. The normalized spacial score (nSPS) is 13.8. The summed E-state index contributed by atoms with van der Waals surface area (Å²) in [4.78, 5) is 14.4. The van der Waals surface area contributed by atoms with Gasteiger partial charge in [0.15, 0.2) is 17.3 Å². The van der Waals surface area contributed by atoms with Crippen molar-refractivity contribution in [2.75, 3.05) is 25.7 Å². The lowest BCUT2D eigenvalue weighted by molar-refractivity contribution is -0.119. The standard InChI is InChI=1S/C24H22N4O5S/c1-32-20-13-12-17(14-21(20)33-2)15-25-26-23(29)16-28(18-8-4-3-5-9-18)24-19-10-6-7-11-22(19)34(30,31)27-24/h3-15H,16H2,1-2H3,(H,26,29)/b25-15-. The van der Waals surface area contributed by atoms with Crippen LogP contribution in [0.2, 0.25) is 0 Å². The maximum Gasteiger partial charge on any atom is 0.285 e. The van der Waals surface area contributed by atoms with Crippen molar-refractivity contribution in [3.05, 3.63) is 83.9 Å². The quantitative estimate of drug-likeness (QED) is 0.413.